The van der Waals surface area contributed by atoms with Gasteiger partial charge in [0.15, 0.2) is 12.5 Å². The Hall–Kier alpha value is -1.02. The molecule has 0 amide bonds. The summed E-state index contributed by atoms with van der Waals surface area (Å²) >= 11 is 8.00. The minimum atomic E-state index is -2.04. The zero-order valence-corrected chi connectivity index (χ0v) is 15.2. The predicted molar refractivity (Wildman–Crippen MR) is 94.7 cm³/mol. The van der Waals surface area contributed by atoms with Crippen LogP contribution in [0.1, 0.15) is 33.9 Å². The molecule has 7 heteroatoms. The van der Waals surface area contributed by atoms with E-state index in [1.54, 1.807) is 29.5 Å². The van der Waals surface area contributed by atoms with Gasteiger partial charge in [-0.2, -0.15) is 0 Å². The molecule has 5 atom stereocenters. The van der Waals surface area contributed by atoms with Gasteiger partial charge in [-0.3, -0.25) is 0 Å². The van der Waals surface area contributed by atoms with Crippen molar-refractivity contribution in [1.29, 1.82) is 0 Å². The zero-order chi connectivity index (χ0) is 18.1. The maximum Gasteiger partial charge on any atom is 0.189 e. The summed E-state index contributed by atoms with van der Waals surface area (Å²) in [4.78, 5) is 2.44. The fourth-order valence-corrected chi connectivity index (χ4v) is 4.09. The summed E-state index contributed by atoms with van der Waals surface area (Å²) in [6.07, 6.45) is -6.44. The molecule has 0 saturated carbocycles. The lowest BCUT2D eigenvalue weighted by atomic mass is 9.93. The van der Waals surface area contributed by atoms with E-state index in [4.69, 9.17) is 16.3 Å². The van der Waals surface area contributed by atoms with Crippen molar-refractivity contribution >= 4 is 22.9 Å². The van der Waals surface area contributed by atoms with Crippen molar-refractivity contribution < 1.29 is 24.4 Å². The molecule has 1 unspecified atom stereocenters. The maximum absolute atomic E-state index is 13.6. The van der Waals surface area contributed by atoms with Crippen LogP contribution >= 0.6 is 22.9 Å². The van der Waals surface area contributed by atoms with E-state index in [1.807, 2.05) is 0 Å². The number of hydrogen-bond donors (Lipinski definition) is 3. The Bertz CT molecular complexity index is 738. The molecule has 1 saturated heterocycles. The van der Waals surface area contributed by atoms with Gasteiger partial charge in [-0.1, -0.05) is 30.7 Å². The van der Waals surface area contributed by atoms with Gasteiger partial charge in [0.25, 0.3) is 0 Å². The van der Waals surface area contributed by atoms with Gasteiger partial charge in [0.05, 0.1) is 0 Å². The summed E-state index contributed by atoms with van der Waals surface area (Å²) in [5, 5.41) is 30.0. The van der Waals surface area contributed by atoms with Gasteiger partial charge in [-0.15, -0.1) is 11.3 Å². The third-order valence-electron chi connectivity index (χ3n) is 4.37. The molecule has 1 fully saturated rings. The van der Waals surface area contributed by atoms with Crippen LogP contribution in [-0.2, 0) is 17.6 Å². The highest BCUT2D eigenvalue weighted by molar-refractivity contribution is 7.12. The first-order valence-electron chi connectivity index (χ1n) is 8.10. The van der Waals surface area contributed by atoms with Gasteiger partial charge < -0.3 is 20.1 Å². The van der Waals surface area contributed by atoms with Crippen molar-refractivity contribution in [3.63, 3.8) is 0 Å². The van der Waals surface area contributed by atoms with Gasteiger partial charge in [0, 0.05) is 21.2 Å². The van der Waals surface area contributed by atoms with Crippen LogP contribution in [0.4, 0.5) is 4.39 Å². The first-order chi connectivity index (χ1) is 11.9. The largest absolute Gasteiger partial charge is 0.387 e. The molecule has 1 aliphatic heterocycles. The SMILES string of the molecule is CCc1ccc(Cc2cc([C@@H]3O[C@H](O)C(F)[C@H](O)[C@H]3O)ccc2Cl)s1. The van der Waals surface area contributed by atoms with Gasteiger partial charge in [-0.25, -0.2) is 4.39 Å². The fourth-order valence-electron chi connectivity index (χ4n) is 2.92. The third kappa shape index (κ3) is 3.89. The lowest BCUT2D eigenvalue weighted by molar-refractivity contribution is -0.268. The number of benzene rings is 1. The quantitative estimate of drug-likeness (QED) is 0.755. The Labute approximate surface area is 154 Å². The molecule has 1 aromatic heterocycles. The molecule has 0 radical (unpaired) electrons. The minimum absolute atomic E-state index is 0.532. The summed E-state index contributed by atoms with van der Waals surface area (Å²) in [6.45, 7) is 2.10. The van der Waals surface area contributed by atoms with E-state index in [1.165, 1.54) is 4.88 Å². The molecule has 0 spiro atoms. The van der Waals surface area contributed by atoms with Crippen molar-refractivity contribution in [3.05, 3.63) is 56.2 Å². The standard InChI is InChI=1S/C18H20ClFO4S/c1-2-11-4-5-12(25-11)8-10-7-9(3-6-13(10)19)17-16(22)15(21)14(20)18(23)24-17/h3-7,14-18,21-23H,2,8H2,1H3/t14?,15-,16+,17-,18-/m0/s1. The average molecular weight is 387 g/mol. The number of aryl methyl sites for hydroxylation is 1. The number of aliphatic hydroxyl groups is 3. The van der Waals surface area contributed by atoms with Gasteiger partial charge in [-0.05, 0) is 35.7 Å². The molecule has 4 nitrogen and oxygen atoms in total. The van der Waals surface area contributed by atoms with E-state index < -0.39 is 30.8 Å². The molecular weight excluding hydrogens is 367 g/mol. The second-order valence-electron chi connectivity index (χ2n) is 6.12. The molecule has 1 aliphatic rings. The summed E-state index contributed by atoms with van der Waals surface area (Å²) in [7, 11) is 0. The lowest BCUT2D eigenvalue weighted by Gasteiger charge is -2.37. The molecule has 3 N–H and O–H groups in total. The van der Waals surface area contributed by atoms with E-state index in [0.29, 0.717) is 17.0 Å². The third-order valence-corrected chi connectivity index (χ3v) is 5.97. The predicted octanol–water partition coefficient (Wildman–Crippen LogP) is 3.00. The molecule has 0 bridgehead atoms. The first-order valence-corrected chi connectivity index (χ1v) is 9.29. The molecule has 25 heavy (non-hydrogen) atoms. The van der Waals surface area contributed by atoms with Crippen LogP contribution in [0.3, 0.4) is 0 Å². The number of halogens is 2. The van der Waals surface area contributed by atoms with Gasteiger partial charge in [0.2, 0.25) is 0 Å². The maximum atomic E-state index is 13.6. The van der Waals surface area contributed by atoms with E-state index in [0.717, 1.165) is 16.9 Å². The molecule has 1 aromatic carbocycles. The van der Waals surface area contributed by atoms with Crippen LogP contribution in [0.15, 0.2) is 30.3 Å². The smallest absolute Gasteiger partial charge is 0.189 e. The number of thiophene rings is 1. The Morgan fingerprint density at radius 3 is 2.52 bits per heavy atom. The summed E-state index contributed by atoms with van der Waals surface area (Å²) in [5.41, 5.74) is 1.37. The van der Waals surface area contributed by atoms with Crippen LogP contribution < -0.4 is 0 Å². The van der Waals surface area contributed by atoms with Gasteiger partial charge >= 0.3 is 0 Å². The van der Waals surface area contributed by atoms with Crippen LogP contribution in [0.2, 0.25) is 5.02 Å². The number of ether oxygens (including phenoxy) is 1. The summed E-state index contributed by atoms with van der Waals surface area (Å²) < 4.78 is 18.7. The fraction of sp³-hybridized carbons (Fsp3) is 0.444. The van der Waals surface area contributed by atoms with Crippen molar-refractivity contribution in [2.75, 3.05) is 0 Å². The van der Waals surface area contributed by atoms with E-state index >= 15 is 0 Å². The van der Waals surface area contributed by atoms with Crippen LogP contribution in [0.5, 0.6) is 0 Å². The Kier molecular flexibility index (Phi) is 5.78. The highest BCUT2D eigenvalue weighted by Gasteiger charge is 2.44. The minimum Gasteiger partial charge on any atom is -0.387 e. The number of alkyl halides is 1. The Balaban J connectivity index is 1.85. The van der Waals surface area contributed by atoms with Gasteiger partial charge in [0.1, 0.15) is 18.3 Å². The van der Waals surface area contributed by atoms with Crippen LogP contribution in [0.25, 0.3) is 0 Å². The zero-order valence-electron chi connectivity index (χ0n) is 13.6. The topological polar surface area (TPSA) is 69.9 Å². The highest BCUT2D eigenvalue weighted by Crippen LogP contribution is 2.35. The second kappa shape index (κ2) is 7.70. The average Bonchev–Trinajstić information content (AvgIpc) is 3.06. The Morgan fingerprint density at radius 1 is 1.12 bits per heavy atom. The molecule has 2 heterocycles. The summed E-state index contributed by atoms with van der Waals surface area (Å²) in [5.74, 6) is 0. The lowest BCUT2D eigenvalue weighted by Crippen LogP contribution is -2.52. The number of rotatable bonds is 4. The van der Waals surface area contributed by atoms with Crippen molar-refractivity contribution in [1.82, 2.24) is 0 Å². The number of aliphatic hydroxyl groups excluding tert-OH is 3. The van der Waals surface area contributed by atoms with Crippen molar-refractivity contribution in [2.45, 2.75) is 50.5 Å². The van der Waals surface area contributed by atoms with E-state index in [9.17, 15) is 19.7 Å². The van der Waals surface area contributed by atoms with Crippen LogP contribution in [-0.4, -0.2) is 40.0 Å². The van der Waals surface area contributed by atoms with E-state index in [-0.39, 0.29) is 0 Å². The molecule has 2 aromatic rings. The Morgan fingerprint density at radius 2 is 1.84 bits per heavy atom. The van der Waals surface area contributed by atoms with Crippen molar-refractivity contribution in [2.24, 2.45) is 0 Å². The highest BCUT2D eigenvalue weighted by atomic mass is 35.5. The summed E-state index contributed by atoms with van der Waals surface area (Å²) in [6, 6.07) is 9.22. The second-order valence-corrected chi connectivity index (χ2v) is 7.78. The molecule has 0 aliphatic carbocycles. The first kappa shape index (κ1) is 18.8. The molecular formula is C18H20ClFO4S. The van der Waals surface area contributed by atoms with Crippen molar-refractivity contribution in [3.8, 4) is 0 Å². The van der Waals surface area contributed by atoms with Crippen LogP contribution in [0, 0.1) is 0 Å². The monoisotopic (exact) mass is 386 g/mol. The number of hydrogen-bond acceptors (Lipinski definition) is 5. The van der Waals surface area contributed by atoms with E-state index in [2.05, 4.69) is 19.1 Å². The normalized spacial score (nSPS) is 29.8. The molecule has 3 rings (SSSR count). The molecule has 136 valence electrons.